The van der Waals surface area contributed by atoms with Gasteiger partial charge in [-0.1, -0.05) is 6.07 Å². The third-order valence-corrected chi connectivity index (χ3v) is 4.60. The van der Waals surface area contributed by atoms with Gasteiger partial charge in [-0.25, -0.2) is 9.59 Å². The number of aliphatic hydroxyl groups is 2. The molecule has 0 fully saturated rings. The Hall–Kier alpha value is -2.02. The first-order valence-electron chi connectivity index (χ1n) is 6.35. The minimum absolute atomic E-state index is 0.342. The van der Waals surface area contributed by atoms with E-state index in [1.165, 1.54) is 6.07 Å². The molecule has 0 spiro atoms. The highest BCUT2D eigenvalue weighted by molar-refractivity contribution is 7.87. The zero-order valence-corrected chi connectivity index (χ0v) is 13.7. The van der Waals surface area contributed by atoms with E-state index in [0.29, 0.717) is 0 Å². The van der Waals surface area contributed by atoms with E-state index >= 15 is 0 Å². The molecule has 10 nitrogen and oxygen atoms in total. The Morgan fingerprint density at radius 3 is 1.54 bits per heavy atom. The minimum atomic E-state index is -4.29. The fourth-order valence-electron chi connectivity index (χ4n) is 1.41. The maximum Gasteiger partial charge on any atom is 0.353 e. The third kappa shape index (κ3) is 6.23. The van der Waals surface area contributed by atoms with E-state index in [9.17, 15) is 26.4 Å². The molecule has 0 bridgehead atoms. The van der Waals surface area contributed by atoms with E-state index in [4.69, 9.17) is 10.2 Å². The SMILES string of the molecule is O=C(OS(=O)(=O)CCO)c1cccc(C(=O)OS(=O)(=O)CCO)c1. The number of aliphatic hydroxyl groups excluding tert-OH is 2. The Bertz CT molecular complexity index is 745. The number of benzene rings is 1. The van der Waals surface area contributed by atoms with Crippen LogP contribution in [0.5, 0.6) is 0 Å². The second kappa shape index (κ2) is 8.19. The molecule has 0 amide bonds. The molecule has 24 heavy (non-hydrogen) atoms. The summed E-state index contributed by atoms with van der Waals surface area (Å²) in [5.74, 6) is -4.20. The first-order chi connectivity index (χ1) is 11.1. The largest absolute Gasteiger partial charge is 0.395 e. The number of hydrogen-bond acceptors (Lipinski definition) is 10. The van der Waals surface area contributed by atoms with Crippen molar-refractivity contribution in [2.75, 3.05) is 24.7 Å². The standard InChI is InChI=1S/C12H14O10S2/c13-4-6-23(17,18)21-11(15)9-2-1-3-10(8-9)12(16)22-24(19,20)7-5-14/h1-3,8,13-14H,4-7H2. The normalized spacial score (nSPS) is 11.8. The van der Waals surface area contributed by atoms with Gasteiger partial charge in [0.1, 0.15) is 11.5 Å². The van der Waals surface area contributed by atoms with Crippen molar-refractivity contribution < 1.29 is 45.0 Å². The van der Waals surface area contributed by atoms with Gasteiger partial charge in [-0.3, -0.25) is 0 Å². The van der Waals surface area contributed by atoms with Crippen LogP contribution in [0.1, 0.15) is 20.7 Å². The molecule has 0 heterocycles. The van der Waals surface area contributed by atoms with Crippen molar-refractivity contribution in [1.29, 1.82) is 0 Å². The summed E-state index contributed by atoms with van der Waals surface area (Å²) in [6.45, 7) is -1.49. The minimum Gasteiger partial charge on any atom is -0.395 e. The quantitative estimate of drug-likeness (QED) is 0.514. The van der Waals surface area contributed by atoms with Gasteiger partial charge in [-0.15, -0.1) is 0 Å². The van der Waals surface area contributed by atoms with Gasteiger partial charge in [0.25, 0.3) is 0 Å². The van der Waals surface area contributed by atoms with Crippen LogP contribution in [0.25, 0.3) is 0 Å². The van der Waals surface area contributed by atoms with Crippen LogP contribution in [0.4, 0.5) is 0 Å². The molecule has 12 heteroatoms. The summed E-state index contributed by atoms with van der Waals surface area (Å²) in [7, 11) is -8.58. The Labute approximate surface area is 137 Å². The lowest BCUT2D eigenvalue weighted by Gasteiger charge is -2.07. The van der Waals surface area contributed by atoms with Gasteiger partial charge in [-0.2, -0.15) is 16.8 Å². The Morgan fingerprint density at radius 2 is 1.21 bits per heavy atom. The predicted octanol–water partition coefficient (Wildman–Crippen LogP) is -1.36. The number of hydrogen-bond donors (Lipinski definition) is 2. The summed E-state index contributed by atoms with van der Waals surface area (Å²) < 4.78 is 53.6. The van der Waals surface area contributed by atoms with Crippen LogP contribution in [0.2, 0.25) is 0 Å². The summed E-state index contributed by atoms with van der Waals surface area (Å²) in [6.07, 6.45) is 0. The van der Waals surface area contributed by atoms with Gasteiger partial charge >= 0.3 is 32.2 Å². The van der Waals surface area contributed by atoms with Gasteiger partial charge in [0.05, 0.1) is 24.3 Å². The van der Waals surface area contributed by atoms with Crippen molar-refractivity contribution in [2.45, 2.75) is 0 Å². The highest BCUT2D eigenvalue weighted by atomic mass is 32.2. The molecule has 0 unspecified atom stereocenters. The second-order valence-corrected chi connectivity index (χ2v) is 7.67. The molecule has 1 aromatic rings. The third-order valence-electron chi connectivity index (χ3n) is 2.42. The second-order valence-electron chi connectivity index (χ2n) is 4.29. The Kier molecular flexibility index (Phi) is 6.83. The van der Waals surface area contributed by atoms with Crippen LogP contribution >= 0.6 is 0 Å². The van der Waals surface area contributed by atoms with E-state index in [0.717, 1.165) is 18.2 Å². The van der Waals surface area contributed by atoms with Crippen LogP contribution < -0.4 is 0 Å². The zero-order chi connectivity index (χ0) is 18.4. The fraction of sp³-hybridized carbons (Fsp3) is 0.333. The average Bonchev–Trinajstić information content (AvgIpc) is 2.46. The van der Waals surface area contributed by atoms with Crippen molar-refractivity contribution in [3.63, 3.8) is 0 Å². The van der Waals surface area contributed by atoms with Crippen LogP contribution in [-0.2, 0) is 28.6 Å². The molecular formula is C12H14O10S2. The molecule has 0 atom stereocenters. The first kappa shape index (κ1) is 20.0. The Morgan fingerprint density at radius 1 is 0.833 bits per heavy atom. The average molecular weight is 382 g/mol. The molecule has 0 saturated carbocycles. The molecule has 0 aromatic heterocycles. The van der Waals surface area contributed by atoms with Gasteiger partial charge in [0.15, 0.2) is 0 Å². The lowest BCUT2D eigenvalue weighted by atomic mass is 10.1. The molecule has 0 aliphatic carbocycles. The topological polar surface area (TPSA) is 161 Å². The van der Waals surface area contributed by atoms with Crippen molar-refractivity contribution in [2.24, 2.45) is 0 Å². The summed E-state index contributed by atoms with van der Waals surface area (Å²) in [5, 5.41) is 17.1. The van der Waals surface area contributed by atoms with E-state index in [-0.39, 0.29) is 11.1 Å². The number of carbonyl (C=O) groups is 2. The van der Waals surface area contributed by atoms with Crippen LogP contribution in [0.3, 0.4) is 0 Å². The van der Waals surface area contributed by atoms with Crippen LogP contribution in [0, 0.1) is 0 Å². The molecule has 1 rings (SSSR count). The molecular weight excluding hydrogens is 368 g/mol. The molecule has 2 N–H and O–H groups in total. The maximum atomic E-state index is 11.7. The summed E-state index contributed by atoms with van der Waals surface area (Å²) in [6, 6.07) is 4.34. The molecule has 0 aliphatic heterocycles. The van der Waals surface area contributed by atoms with Crippen molar-refractivity contribution in [1.82, 2.24) is 0 Å². The van der Waals surface area contributed by atoms with Gasteiger partial charge in [-0.05, 0) is 18.2 Å². The highest BCUT2D eigenvalue weighted by Crippen LogP contribution is 2.11. The van der Waals surface area contributed by atoms with Gasteiger partial charge < -0.3 is 18.6 Å². The predicted molar refractivity (Wildman–Crippen MR) is 79.0 cm³/mol. The molecule has 0 radical (unpaired) electrons. The van der Waals surface area contributed by atoms with E-state index in [1.54, 1.807) is 0 Å². The number of carbonyl (C=O) groups excluding carboxylic acids is 2. The maximum absolute atomic E-state index is 11.7. The van der Waals surface area contributed by atoms with E-state index in [2.05, 4.69) is 8.37 Å². The van der Waals surface area contributed by atoms with Gasteiger partial charge in [0.2, 0.25) is 0 Å². The smallest absolute Gasteiger partial charge is 0.353 e. The van der Waals surface area contributed by atoms with Gasteiger partial charge in [0, 0.05) is 0 Å². The lowest BCUT2D eigenvalue weighted by Crippen LogP contribution is -2.20. The van der Waals surface area contributed by atoms with Crippen molar-refractivity contribution in [3.8, 4) is 0 Å². The molecule has 0 aliphatic rings. The fourth-order valence-corrected chi connectivity index (χ4v) is 2.67. The van der Waals surface area contributed by atoms with Crippen molar-refractivity contribution >= 4 is 32.2 Å². The van der Waals surface area contributed by atoms with Crippen molar-refractivity contribution in [3.05, 3.63) is 35.4 Å². The molecule has 0 saturated heterocycles. The first-order valence-corrected chi connectivity index (χ1v) is 9.50. The lowest BCUT2D eigenvalue weighted by molar-refractivity contribution is 0.0743. The monoisotopic (exact) mass is 382 g/mol. The molecule has 134 valence electrons. The summed E-state index contributed by atoms with van der Waals surface area (Å²) in [5.41, 5.74) is -0.684. The van der Waals surface area contributed by atoms with Crippen LogP contribution in [-0.4, -0.2) is 63.7 Å². The van der Waals surface area contributed by atoms with Crippen LogP contribution in [0.15, 0.2) is 24.3 Å². The zero-order valence-electron chi connectivity index (χ0n) is 12.1. The number of rotatable bonds is 8. The van der Waals surface area contributed by atoms with E-state index in [1.807, 2.05) is 0 Å². The highest BCUT2D eigenvalue weighted by Gasteiger charge is 2.22. The summed E-state index contributed by atoms with van der Waals surface area (Å²) >= 11 is 0. The molecule has 1 aromatic carbocycles. The van der Waals surface area contributed by atoms with E-state index < -0.39 is 56.9 Å². The summed E-state index contributed by atoms with van der Waals surface area (Å²) in [4.78, 5) is 23.4. The Balaban J connectivity index is 2.94.